The van der Waals surface area contributed by atoms with Crippen LogP contribution in [-0.4, -0.2) is 27.0 Å². The normalized spacial score (nSPS) is 10.6. The molecule has 3 aromatic rings. The van der Waals surface area contributed by atoms with Gasteiger partial charge in [0.2, 0.25) is 5.88 Å². The SMILES string of the molecule is COc1ccc(-c2ncc3ccncc3n2)c(C)n1. The summed E-state index contributed by atoms with van der Waals surface area (Å²) in [5.41, 5.74) is 2.55. The van der Waals surface area contributed by atoms with Crippen molar-refractivity contribution in [1.82, 2.24) is 19.9 Å². The van der Waals surface area contributed by atoms with Crippen LogP contribution < -0.4 is 4.74 Å². The fourth-order valence-electron chi connectivity index (χ4n) is 1.89. The maximum Gasteiger partial charge on any atom is 0.213 e. The smallest absolute Gasteiger partial charge is 0.213 e. The van der Waals surface area contributed by atoms with Crippen LogP contribution in [0.5, 0.6) is 5.88 Å². The number of methoxy groups -OCH3 is 1. The van der Waals surface area contributed by atoms with Gasteiger partial charge in [0.1, 0.15) is 0 Å². The molecule has 0 bridgehead atoms. The third-order valence-corrected chi connectivity index (χ3v) is 2.90. The number of aryl methyl sites for hydroxylation is 1. The minimum Gasteiger partial charge on any atom is -0.481 e. The van der Waals surface area contributed by atoms with E-state index in [2.05, 4.69) is 19.9 Å². The topological polar surface area (TPSA) is 60.8 Å². The fraction of sp³-hybridized carbons (Fsp3) is 0.143. The molecule has 0 aliphatic heterocycles. The lowest BCUT2D eigenvalue weighted by molar-refractivity contribution is 0.397. The molecular weight excluding hydrogens is 240 g/mol. The lowest BCUT2D eigenvalue weighted by Gasteiger charge is -2.06. The van der Waals surface area contributed by atoms with Gasteiger partial charge in [-0.3, -0.25) is 4.98 Å². The zero-order valence-electron chi connectivity index (χ0n) is 10.7. The molecule has 19 heavy (non-hydrogen) atoms. The van der Waals surface area contributed by atoms with E-state index >= 15 is 0 Å². The zero-order valence-corrected chi connectivity index (χ0v) is 10.7. The largest absolute Gasteiger partial charge is 0.481 e. The molecule has 0 fully saturated rings. The molecule has 0 amide bonds. The van der Waals surface area contributed by atoms with E-state index in [1.165, 1.54) is 0 Å². The molecule has 3 rings (SSSR count). The van der Waals surface area contributed by atoms with Gasteiger partial charge in [0.05, 0.1) is 24.5 Å². The fourth-order valence-corrected chi connectivity index (χ4v) is 1.89. The van der Waals surface area contributed by atoms with Gasteiger partial charge in [-0.1, -0.05) is 0 Å². The summed E-state index contributed by atoms with van der Waals surface area (Å²) in [6.45, 7) is 1.91. The van der Waals surface area contributed by atoms with E-state index in [-0.39, 0.29) is 0 Å². The van der Waals surface area contributed by atoms with E-state index in [1.807, 2.05) is 19.1 Å². The standard InChI is InChI=1S/C14H12N4O/c1-9-11(3-4-13(17-9)19-2)14-16-7-10-5-6-15-8-12(10)18-14/h3-8H,1-2H3. The summed E-state index contributed by atoms with van der Waals surface area (Å²) in [6, 6.07) is 5.61. The number of rotatable bonds is 2. The van der Waals surface area contributed by atoms with Gasteiger partial charge in [-0.2, -0.15) is 0 Å². The van der Waals surface area contributed by atoms with Crippen molar-refractivity contribution >= 4 is 10.9 Å². The third kappa shape index (κ3) is 2.10. The molecule has 0 spiro atoms. The summed E-state index contributed by atoms with van der Waals surface area (Å²) < 4.78 is 5.09. The number of fused-ring (bicyclic) bond motifs is 1. The number of hydrogen-bond donors (Lipinski definition) is 0. The van der Waals surface area contributed by atoms with Crippen molar-refractivity contribution in [3.8, 4) is 17.3 Å². The summed E-state index contributed by atoms with van der Waals surface area (Å²) in [5.74, 6) is 1.23. The van der Waals surface area contributed by atoms with Crippen LogP contribution in [0.2, 0.25) is 0 Å². The first kappa shape index (κ1) is 11.5. The lowest BCUT2D eigenvalue weighted by atomic mass is 10.2. The maximum absolute atomic E-state index is 5.09. The summed E-state index contributed by atoms with van der Waals surface area (Å²) >= 11 is 0. The molecule has 0 saturated heterocycles. The molecule has 0 aliphatic rings. The molecule has 0 unspecified atom stereocenters. The quantitative estimate of drug-likeness (QED) is 0.700. The van der Waals surface area contributed by atoms with Crippen molar-refractivity contribution in [2.45, 2.75) is 6.92 Å². The molecule has 0 aliphatic carbocycles. The van der Waals surface area contributed by atoms with Crippen molar-refractivity contribution in [1.29, 1.82) is 0 Å². The van der Waals surface area contributed by atoms with Crippen LogP contribution in [0, 0.1) is 6.92 Å². The van der Waals surface area contributed by atoms with Gasteiger partial charge in [-0.15, -0.1) is 0 Å². The Bertz CT molecular complexity index is 742. The molecule has 3 heterocycles. The van der Waals surface area contributed by atoms with E-state index < -0.39 is 0 Å². The highest BCUT2D eigenvalue weighted by molar-refractivity contribution is 5.78. The highest BCUT2D eigenvalue weighted by Gasteiger charge is 2.08. The Morgan fingerprint density at radius 2 is 1.95 bits per heavy atom. The Morgan fingerprint density at radius 3 is 2.74 bits per heavy atom. The second-order valence-electron chi connectivity index (χ2n) is 4.11. The van der Waals surface area contributed by atoms with Crippen LogP contribution in [0.1, 0.15) is 5.69 Å². The average molecular weight is 252 g/mol. The molecule has 94 valence electrons. The minimum atomic E-state index is 0.587. The van der Waals surface area contributed by atoms with E-state index in [0.29, 0.717) is 11.7 Å². The summed E-state index contributed by atoms with van der Waals surface area (Å²) in [4.78, 5) is 17.3. The first-order valence-electron chi connectivity index (χ1n) is 5.87. The van der Waals surface area contributed by atoms with Gasteiger partial charge in [0.15, 0.2) is 5.82 Å². The van der Waals surface area contributed by atoms with Crippen molar-refractivity contribution in [2.24, 2.45) is 0 Å². The van der Waals surface area contributed by atoms with Crippen LogP contribution >= 0.6 is 0 Å². The summed E-state index contributed by atoms with van der Waals surface area (Å²) in [5, 5.41) is 0.970. The molecular formula is C14H12N4O. The van der Waals surface area contributed by atoms with Crippen molar-refractivity contribution in [3.05, 3.63) is 42.5 Å². The zero-order chi connectivity index (χ0) is 13.2. The van der Waals surface area contributed by atoms with Crippen molar-refractivity contribution in [2.75, 3.05) is 7.11 Å². The maximum atomic E-state index is 5.09. The number of ether oxygens (including phenoxy) is 1. The number of hydrogen-bond acceptors (Lipinski definition) is 5. The van der Waals surface area contributed by atoms with Crippen LogP contribution in [0.25, 0.3) is 22.3 Å². The molecule has 5 nitrogen and oxygen atoms in total. The van der Waals surface area contributed by atoms with Crippen LogP contribution in [0.4, 0.5) is 0 Å². The van der Waals surface area contributed by atoms with Crippen LogP contribution in [0.15, 0.2) is 36.8 Å². The highest BCUT2D eigenvalue weighted by Crippen LogP contribution is 2.22. The Kier molecular flexibility index (Phi) is 2.79. The average Bonchev–Trinajstić information content (AvgIpc) is 2.46. The highest BCUT2D eigenvalue weighted by atomic mass is 16.5. The van der Waals surface area contributed by atoms with E-state index in [1.54, 1.807) is 31.8 Å². The Hall–Kier alpha value is -2.56. The summed E-state index contributed by atoms with van der Waals surface area (Å²) in [7, 11) is 1.60. The number of nitrogens with zero attached hydrogens (tertiary/aromatic N) is 4. The van der Waals surface area contributed by atoms with E-state index in [4.69, 9.17) is 4.74 Å². The Balaban J connectivity index is 2.13. The molecule has 0 N–H and O–H groups in total. The monoisotopic (exact) mass is 252 g/mol. The van der Waals surface area contributed by atoms with Crippen LogP contribution in [-0.2, 0) is 0 Å². The molecule has 0 atom stereocenters. The van der Waals surface area contributed by atoms with E-state index in [9.17, 15) is 0 Å². The second-order valence-corrected chi connectivity index (χ2v) is 4.11. The Morgan fingerprint density at radius 1 is 1.05 bits per heavy atom. The Labute approximate surface area is 110 Å². The summed E-state index contributed by atoms with van der Waals surface area (Å²) in [6.07, 6.45) is 5.25. The van der Waals surface area contributed by atoms with Gasteiger partial charge in [0, 0.05) is 29.4 Å². The predicted molar refractivity (Wildman–Crippen MR) is 71.9 cm³/mol. The minimum absolute atomic E-state index is 0.587. The van der Waals surface area contributed by atoms with Crippen molar-refractivity contribution < 1.29 is 4.74 Å². The van der Waals surface area contributed by atoms with Gasteiger partial charge in [-0.05, 0) is 19.1 Å². The van der Waals surface area contributed by atoms with Crippen LogP contribution in [0.3, 0.4) is 0 Å². The molecule has 3 aromatic heterocycles. The molecule has 5 heteroatoms. The lowest BCUT2D eigenvalue weighted by Crippen LogP contribution is -1.96. The molecule has 0 saturated carbocycles. The second kappa shape index (κ2) is 4.61. The van der Waals surface area contributed by atoms with Gasteiger partial charge in [-0.25, -0.2) is 15.0 Å². The predicted octanol–water partition coefficient (Wildman–Crippen LogP) is 2.40. The van der Waals surface area contributed by atoms with Gasteiger partial charge < -0.3 is 4.74 Å². The molecule has 0 aromatic carbocycles. The van der Waals surface area contributed by atoms with E-state index in [0.717, 1.165) is 22.2 Å². The van der Waals surface area contributed by atoms with Gasteiger partial charge >= 0.3 is 0 Å². The molecule has 0 radical (unpaired) electrons. The van der Waals surface area contributed by atoms with Crippen molar-refractivity contribution in [3.63, 3.8) is 0 Å². The third-order valence-electron chi connectivity index (χ3n) is 2.90. The van der Waals surface area contributed by atoms with Gasteiger partial charge in [0.25, 0.3) is 0 Å². The first-order chi connectivity index (χ1) is 9.28. The first-order valence-corrected chi connectivity index (χ1v) is 5.87. The number of aromatic nitrogens is 4. The number of pyridine rings is 2.